The molecule has 0 aliphatic heterocycles. The van der Waals surface area contributed by atoms with Crippen molar-refractivity contribution in [1.29, 1.82) is 0 Å². The summed E-state index contributed by atoms with van der Waals surface area (Å²) in [5.74, 6) is -1.05. The van der Waals surface area contributed by atoms with Gasteiger partial charge in [0.1, 0.15) is 0 Å². The minimum Gasteiger partial charge on any atom is -0.475 e. The summed E-state index contributed by atoms with van der Waals surface area (Å²) in [5, 5.41) is 12.1. The number of carboxylic acid groups (broad SMARTS) is 1. The fraction of sp³-hybridized carbons (Fsp3) is 0.214. The Bertz CT molecular complexity index is 572. The van der Waals surface area contributed by atoms with E-state index in [2.05, 4.69) is 11.4 Å². The summed E-state index contributed by atoms with van der Waals surface area (Å²) in [6.07, 6.45) is 1.39. The van der Waals surface area contributed by atoms with Crippen LogP contribution in [0.5, 0.6) is 0 Å². The van der Waals surface area contributed by atoms with Crippen LogP contribution in [-0.2, 0) is 6.54 Å². The number of carbonyl (C=O) groups is 1. The molecular formula is C14H15NO3. The van der Waals surface area contributed by atoms with E-state index in [1.165, 1.54) is 11.8 Å². The number of anilines is 1. The summed E-state index contributed by atoms with van der Waals surface area (Å²) >= 11 is 0. The predicted molar refractivity (Wildman–Crippen MR) is 68.9 cm³/mol. The Hall–Kier alpha value is -2.23. The van der Waals surface area contributed by atoms with Crippen molar-refractivity contribution in [2.75, 3.05) is 5.32 Å². The van der Waals surface area contributed by atoms with Crippen LogP contribution in [0.3, 0.4) is 0 Å². The highest BCUT2D eigenvalue weighted by Gasteiger charge is 2.13. The molecule has 1 heterocycles. The minimum atomic E-state index is -1.04. The molecule has 94 valence electrons. The molecule has 0 amide bonds. The van der Waals surface area contributed by atoms with Gasteiger partial charge in [-0.2, -0.15) is 0 Å². The Balaban J connectivity index is 2.11. The van der Waals surface area contributed by atoms with Gasteiger partial charge in [0.2, 0.25) is 5.76 Å². The van der Waals surface area contributed by atoms with E-state index in [0.717, 1.165) is 11.3 Å². The van der Waals surface area contributed by atoms with Crippen LogP contribution in [0, 0.1) is 13.8 Å². The number of benzene rings is 1. The third-order valence-corrected chi connectivity index (χ3v) is 2.79. The standard InChI is InChI=1S/C14H15NO3/c1-9-3-4-12(10(2)7-9)15-8-11-5-6-18-13(11)14(16)17/h3-7,15H,8H2,1-2H3,(H,16,17). The monoisotopic (exact) mass is 245 g/mol. The quantitative estimate of drug-likeness (QED) is 0.868. The van der Waals surface area contributed by atoms with Crippen molar-refractivity contribution in [3.63, 3.8) is 0 Å². The molecule has 0 radical (unpaired) electrons. The topological polar surface area (TPSA) is 62.5 Å². The van der Waals surface area contributed by atoms with Crippen molar-refractivity contribution in [3.05, 3.63) is 53.0 Å². The molecule has 0 bridgehead atoms. The van der Waals surface area contributed by atoms with E-state index in [4.69, 9.17) is 9.52 Å². The minimum absolute atomic E-state index is 0.00716. The molecule has 2 rings (SSSR count). The molecule has 0 atom stereocenters. The van der Waals surface area contributed by atoms with Crippen molar-refractivity contribution >= 4 is 11.7 Å². The lowest BCUT2D eigenvalue weighted by Gasteiger charge is -2.09. The lowest BCUT2D eigenvalue weighted by Crippen LogP contribution is -2.05. The number of aromatic carboxylic acids is 1. The molecule has 2 aromatic rings. The Morgan fingerprint density at radius 1 is 1.33 bits per heavy atom. The molecule has 4 nitrogen and oxygen atoms in total. The van der Waals surface area contributed by atoms with Gasteiger partial charge in [-0.1, -0.05) is 17.7 Å². The van der Waals surface area contributed by atoms with E-state index < -0.39 is 5.97 Å². The molecule has 0 saturated heterocycles. The average Bonchev–Trinajstić information content (AvgIpc) is 2.76. The van der Waals surface area contributed by atoms with Gasteiger partial charge in [0.05, 0.1) is 6.26 Å². The van der Waals surface area contributed by atoms with Crippen LogP contribution in [0.1, 0.15) is 27.2 Å². The normalized spacial score (nSPS) is 10.3. The number of hydrogen-bond donors (Lipinski definition) is 2. The molecule has 0 spiro atoms. The first-order valence-electron chi connectivity index (χ1n) is 5.68. The van der Waals surface area contributed by atoms with Crippen LogP contribution < -0.4 is 5.32 Å². The van der Waals surface area contributed by atoms with Gasteiger partial charge in [0.15, 0.2) is 0 Å². The SMILES string of the molecule is Cc1ccc(NCc2ccoc2C(=O)O)c(C)c1. The largest absolute Gasteiger partial charge is 0.475 e. The molecule has 0 unspecified atom stereocenters. The zero-order chi connectivity index (χ0) is 13.1. The summed E-state index contributed by atoms with van der Waals surface area (Å²) < 4.78 is 4.92. The van der Waals surface area contributed by atoms with Crippen LogP contribution in [0.2, 0.25) is 0 Å². The number of rotatable bonds is 4. The smallest absolute Gasteiger partial charge is 0.372 e. The van der Waals surface area contributed by atoms with Crippen molar-refractivity contribution in [2.45, 2.75) is 20.4 Å². The van der Waals surface area contributed by atoms with Gasteiger partial charge in [-0.3, -0.25) is 0 Å². The number of aryl methyl sites for hydroxylation is 2. The van der Waals surface area contributed by atoms with E-state index >= 15 is 0 Å². The van der Waals surface area contributed by atoms with Crippen LogP contribution in [0.25, 0.3) is 0 Å². The van der Waals surface area contributed by atoms with Crippen LogP contribution in [0.15, 0.2) is 34.9 Å². The number of carboxylic acids is 1. The molecule has 1 aromatic heterocycles. The first-order chi connectivity index (χ1) is 8.58. The van der Waals surface area contributed by atoms with Gasteiger partial charge in [-0.15, -0.1) is 0 Å². The van der Waals surface area contributed by atoms with Gasteiger partial charge in [-0.25, -0.2) is 4.79 Å². The number of hydrogen-bond acceptors (Lipinski definition) is 3. The van der Waals surface area contributed by atoms with Crippen molar-refractivity contribution < 1.29 is 14.3 Å². The highest BCUT2D eigenvalue weighted by Crippen LogP contribution is 2.18. The Morgan fingerprint density at radius 3 is 2.78 bits per heavy atom. The van der Waals surface area contributed by atoms with E-state index in [9.17, 15) is 4.79 Å². The zero-order valence-corrected chi connectivity index (χ0v) is 10.4. The van der Waals surface area contributed by atoms with Crippen molar-refractivity contribution in [3.8, 4) is 0 Å². The second kappa shape index (κ2) is 4.96. The van der Waals surface area contributed by atoms with Gasteiger partial charge in [0.25, 0.3) is 0 Å². The Morgan fingerprint density at radius 2 is 2.11 bits per heavy atom. The van der Waals surface area contributed by atoms with Crippen LogP contribution in [0.4, 0.5) is 5.69 Å². The maximum atomic E-state index is 10.9. The Kier molecular flexibility index (Phi) is 3.37. The van der Waals surface area contributed by atoms with Gasteiger partial charge in [-0.05, 0) is 31.5 Å². The van der Waals surface area contributed by atoms with E-state index in [1.54, 1.807) is 6.07 Å². The van der Waals surface area contributed by atoms with Gasteiger partial charge >= 0.3 is 5.97 Å². The van der Waals surface area contributed by atoms with Crippen LogP contribution in [-0.4, -0.2) is 11.1 Å². The fourth-order valence-electron chi connectivity index (χ4n) is 1.86. The first kappa shape index (κ1) is 12.2. The van der Waals surface area contributed by atoms with E-state index in [0.29, 0.717) is 12.1 Å². The lowest BCUT2D eigenvalue weighted by atomic mass is 10.1. The Labute approximate surface area is 105 Å². The molecule has 0 saturated carbocycles. The second-order valence-corrected chi connectivity index (χ2v) is 4.25. The molecule has 4 heteroatoms. The van der Waals surface area contributed by atoms with Crippen LogP contribution >= 0.6 is 0 Å². The first-order valence-corrected chi connectivity index (χ1v) is 5.68. The average molecular weight is 245 g/mol. The third-order valence-electron chi connectivity index (χ3n) is 2.79. The third kappa shape index (κ3) is 2.53. The molecule has 2 N–H and O–H groups in total. The molecule has 0 aliphatic rings. The predicted octanol–water partition coefficient (Wildman–Crippen LogP) is 3.21. The summed E-state index contributed by atoms with van der Waals surface area (Å²) in [6, 6.07) is 7.75. The summed E-state index contributed by atoms with van der Waals surface area (Å²) in [6.45, 7) is 4.49. The summed E-state index contributed by atoms with van der Waals surface area (Å²) in [7, 11) is 0. The molecule has 0 fully saturated rings. The summed E-state index contributed by atoms with van der Waals surface area (Å²) in [4.78, 5) is 10.9. The van der Waals surface area contributed by atoms with E-state index in [-0.39, 0.29) is 5.76 Å². The van der Waals surface area contributed by atoms with Crippen molar-refractivity contribution in [1.82, 2.24) is 0 Å². The number of furan rings is 1. The maximum absolute atomic E-state index is 10.9. The van der Waals surface area contributed by atoms with Gasteiger partial charge in [0, 0.05) is 17.8 Å². The zero-order valence-electron chi connectivity index (χ0n) is 10.4. The fourth-order valence-corrected chi connectivity index (χ4v) is 1.86. The maximum Gasteiger partial charge on any atom is 0.372 e. The molecular weight excluding hydrogens is 230 g/mol. The highest BCUT2D eigenvalue weighted by molar-refractivity contribution is 5.86. The second-order valence-electron chi connectivity index (χ2n) is 4.25. The highest BCUT2D eigenvalue weighted by atomic mass is 16.4. The molecule has 1 aromatic carbocycles. The van der Waals surface area contributed by atoms with E-state index in [1.807, 2.05) is 26.0 Å². The van der Waals surface area contributed by atoms with Gasteiger partial charge < -0.3 is 14.8 Å². The lowest BCUT2D eigenvalue weighted by molar-refractivity contribution is 0.0661. The van der Waals surface area contributed by atoms with Crippen molar-refractivity contribution in [2.24, 2.45) is 0 Å². The number of nitrogens with one attached hydrogen (secondary N) is 1. The molecule has 0 aliphatic carbocycles. The summed E-state index contributed by atoms with van der Waals surface area (Å²) in [5.41, 5.74) is 3.98. The molecule has 18 heavy (non-hydrogen) atoms.